The van der Waals surface area contributed by atoms with Crippen LogP contribution >= 0.6 is 22.9 Å². The van der Waals surface area contributed by atoms with Crippen molar-refractivity contribution in [2.45, 2.75) is 45.4 Å². The normalized spacial score (nSPS) is 20.4. The molecule has 0 radical (unpaired) electrons. The zero-order chi connectivity index (χ0) is 10.7. The Kier molecular flexibility index (Phi) is 3.62. The van der Waals surface area contributed by atoms with Crippen molar-refractivity contribution >= 4 is 22.9 Å². The lowest BCUT2D eigenvalue weighted by Gasteiger charge is -2.34. The third-order valence-electron chi connectivity index (χ3n) is 3.29. The fraction of sp³-hybridized carbons (Fsp3) is 0.818. The first kappa shape index (κ1) is 11.3. The molecule has 0 atom stereocenters. The van der Waals surface area contributed by atoms with Crippen LogP contribution in [0.4, 0.5) is 0 Å². The highest BCUT2D eigenvalue weighted by atomic mass is 35.5. The molecule has 1 aliphatic carbocycles. The van der Waals surface area contributed by atoms with Gasteiger partial charge in [0.05, 0.1) is 0 Å². The van der Waals surface area contributed by atoms with Crippen LogP contribution < -0.4 is 0 Å². The molecule has 0 aromatic carbocycles. The summed E-state index contributed by atoms with van der Waals surface area (Å²) >= 11 is 7.86. The molecule has 0 aliphatic heterocycles. The van der Waals surface area contributed by atoms with Gasteiger partial charge in [-0.3, -0.25) is 0 Å². The summed E-state index contributed by atoms with van der Waals surface area (Å²) < 4.78 is 0. The standard InChI is InChI=1S/C11H17ClN2S/c1-9-13-14-10(15-9)7-11(8-12)5-3-2-4-6-11/h2-8H2,1H3. The number of aryl methyl sites for hydroxylation is 1. The van der Waals surface area contributed by atoms with Gasteiger partial charge in [0.15, 0.2) is 0 Å². The topological polar surface area (TPSA) is 25.8 Å². The molecule has 4 heteroatoms. The summed E-state index contributed by atoms with van der Waals surface area (Å²) in [6.45, 7) is 2.01. The van der Waals surface area contributed by atoms with Crippen molar-refractivity contribution in [1.82, 2.24) is 10.2 Å². The Morgan fingerprint density at radius 2 is 2.00 bits per heavy atom. The van der Waals surface area contributed by atoms with E-state index in [9.17, 15) is 0 Å². The average Bonchev–Trinajstić information content (AvgIpc) is 2.65. The van der Waals surface area contributed by atoms with Crippen molar-refractivity contribution in [3.63, 3.8) is 0 Å². The van der Waals surface area contributed by atoms with E-state index >= 15 is 0 Å². The van der Waals surface area contributed by atoms with E-state index in [-0.39, 0.29) is 0 Å². The summed E-state index contributed by atoms with van der Waals surface area (Å²) in [4.78, 5) is 0. The Hall–Kier alpha value is -0.150. The summed E-state index contributed by atoms with van der Waals surface area (Å²) in [5.74, 6) is 0.769. The van der Waals surface area contributed by atoms with Gasteiger partial charge < -0.3 is 0 Å². The molecule has 2 nitrogen and oxygen atoms in total. The van der Waals surface area contributed by atoms with Gasteiger partial charge in [-0.15, -0.1) is 33.1 Å². The zero-order valence-electron chi connectivity index (χ0n) is 9.13. The summed E-state index contributed by atoms with van der Waals surface area (Å²) in [7, 11) is 0. The van der Waals surface area contributed by atoms with Gasteiger partial charge in [0.2, 0.25) is 0 Å². The molecular formula is C11H17ClN2S. The maximum absolute atomic E-state index is 6.15. The van der Waals surface area contributed by atoms with Gasteiger partial charge in [0.25, 0.3) is 0 Å². The van der Waals surface area contributed by atoms with Crippen LogP contribution in [-0.2, 0) is 6.42 Å². The molecule has 2 rings (SSSR count). The number of alkyl halides is 1. The number of nitrogens with zero attached hydrogens (tertiary/aromatic N) is 2. The minimum Gasteiger partial charge on any atom is -0.144 e. The van der Waals surface area contributed by atoms with E-state index in [1.54, 1.807) is 11.3 Å². The predicted molar refractivity (Wildman–Crippen MR) is 64.6 cm³/mol. The van der Waals surface area contributed by atoms with Crippen molar-refractivity contribution in [2.24, 2.45) is 5.41 Å². The Morgan fingerprint density at radius 1 is 1.27 bits per heavy atom. The van der Waals surface area contributed by atoms with Crippen LogP contribution in [0.2, 0.25) is 0 Å². The Labute approximate surface area is 100 Å². The summed E-state index contributed by atoms with van der Waals surface area (Å²) in [5, 5.41) is 10.5. The molecule has 0 spiro atoms. The van der Waals surface area contributed by atoms with Crippen LogP contribution in [0.1, 0.15) is 42.1 Å². The maximum atomic E-state index is 6.15. The molecule has 1 fully saturated rings. The number of halogens is 1. The largest absolute Gasteiger partial charge is 0.144 e. The lowest BCUT2D eigenvalue weighted by atomic mass is 9.73. The molecular weight excluding hydrogens is 228 g/mol. The molecule has 1 aliphatic rings. The molecule has 15 heavy (non-hydrogen) atoms. The first-order valence-electron chi connectivity index (χ1n) is 5.59. The second-order valence-corrected chi connectivity index (χ2v) is 6.12. The highest BCUT2D eigenvalue weighted by Crippen LogP contribution is 2.40. The minimum absolute atomic E-state index is 0.311. The lowest BCUT2D eigenvalue weighted by Crippen LogP contribution is -2.28. The molecule has 1 heterocycles. The van der Waals surface area contributed by atoms with Gasteiger partial charge in [-0.2, -0.15) is 0 Å². The van der Waals surface area contributed by atoms with Crippen molar-refractivity contribution in [3.05, 3.63) is 10.0 Å². The van der Waals surface area contributed by atoms with Crippen molar-refractivity contribution in [2.75, 3.05) is 5.88 Å². The third kappa shape index (κ3) is 2.70. The lowest BCUT2D eigenvalue weighted by molar-refractivity contribution is 0.219. The van der Waals surface area contributed by atoms with Gasteiger partial charge >= 0.3 is 0 Å². The van der Waals surface area contributed by atoms with Crippen molar-refractivity contribution in [3.8, 4) is 0 Å². The van der Waals surface area contributed by atoms with Gasteiger partial charge in [0, 0.05) is 12.3 Å². The monoisotopic (exact) mass is 244 g/mol. The highest BCUT2D eigenvalue weighted by Gasteiger charge is 2.32. The zero-order valence-corrected chi connectivity index (χ0v) is 10.7. The number of aromatic nitrogens is 2. The van der Waals surface area contributed by atoms with Gasteiger partial charge in [-0.05, 0) is 25.2 Å². The maximum Gasteiger partial charge on any atom is 0.118 e. The molecule has 0 amide bonds. The number of hydrogen-bond donors (Lipinski definition) is 0. The van der Waals surface area contributed by atoms with Crippen molar-refractivity contribution in [1.29, 1.82) is 0 Å². The van der Waals surface area contributed by atoms with Gasteiger partial charge in [0.1, 0.15) is 10.0 Å². The minimum atomic E-state index is 0.311. The van der Waals surface area contributed by atoms with Crippen LogP contribution in [-0.4, -0.2) is 16.1 Å². The van der Waals surface area contributed by atoms with Crippen molar-refractivity contribution < 1.29 is 0 Å². The smallest absolute Gasteiger partial charge is 0.118 e. The summed E-state index contributed by atoms with van der Waals surface area (Å²) in [6.07, 6.45) is 7.56. The fourth-order valence-corrected chi connectivity index (χ4v) is 3.63. The van der Waals surface area contributed by atoms with Crippen LogP contribution in [0.3, 0.4) is 0 Å². The predicted octanol–water partition coefficient (Wildman–Crippen LogP) is 3.58. The van der Waals surface area contributed by atoms with E-state index in [4.69, 9.17) is 11.6 Å². The van der Waals surface area contributed by atoms with E-state index < -0.39 is 0 Å². The first-order valence-corrected chi connectivity index (χ1v) is 6.94. The van der Waals surface area contributed by atoms with Crippen LogP contribution in [0.5, 0.6) is 0 Å². The van der Waals surface area contributed by atoms with Crippen LogP contribution in [0.15, 0.2) is 0 Å². The first-order chi connectivity index (χ1) is 7.24. The molecule has 0 saturated heterocycles. The molecule has 1 aromatic heterocycles. The highest BCUT2D eigenvalue weighted by molar-refractivity contribution is 7.11. The summed E-state index contributed by atoms with van der Waals surface area (Å²) in [5.41, 5.74) is 0.311. The third-order valence-corrected chi connectivity index (χ3v) is 4.70. The van der Waals surface area contributed by atoms with Crippen LogP contribution in [0, 0.1) is 12.3 Å². The van der Waals surface area contributed by atoms with E-state index in [0.29, 0.717) is 5.41 Å². The Bertz CT molecular complexity index is 318. The molecule has 1 saturated carbocycles. The Balaban J connectivity index is 2.06. The van der Waals surface area contributed by atoms with Crippen LogP contribution in [0.25, 0.3) is 0 Å². The molecule has 0 bridgehead atoms. The molecule has 1 aromatic rings. The second kappa shape index (κ2) is 4.79. The van der Waals surface area contributed by atoms with E-state index in [1.165, 1.54) is 32.1 Å². The second-order valence-electron chi connectivity index (χ2n) is 4.59. The molecule has 0 unspecified atom stereocenters. The fourth-order valence-electron chi connectivity index (χ4n) is 2.39. The summed E-state index contributed by atoms with van der Waals surface area (Å²) in [6, 6.07) is 0. The Morgan fingerprint density at radius 3 is 2.53 bits per heavy atom. The number of rotatable bonds is 3. The van der Waals surface area contributed by atoms with E-state index in [0.717, 1.165) is 22.3 Å². The van der Waals surface area contributed by atoms with Gasteiger partial charge in [-0.1, -0.05) is 19.3 Å². The molecule has 0 N–H and O–H groups in total. The quantitative estimate of drug-likeness (QED) is 0.760. The van der Waals surface area contributed by atoms with E-state index in [2.05, 4.69) is 10.2 Å². The van der Waals surface area contributed by atoms with Gasteiger partial charge in [-0.25, -0.2) is 0 Å². The number of hydrogen-bond acceptors (Lipinski definition) is 3. The van der Waals surface area contributed by atoms with E-state index in [1.807, 2.05) is 6.92 Å². The molecule has 84 valence electrons. The average molecular weight is 245 g/mol. The SMILES string of the molecule is Cc1nnc(CC2(CCl)CCCCC2)s1.